The number of piperidine rings is 1. The zero-order valence-corrected chi connectivity index (χ0v) is 11.4. The number of methoxy groups -OCH3 is 1. The normalized spacial score (nSPS) is 49.1. The Bertz CT molecular complexity index is 291. The summed E-state index contributed by atoms with van der Waals surface area (Å²) in [5, 5.41) is 0. The van der Waals surface area contributed by atoms with Crippen molar-refractivity contribution in [2.75, 3.05) is 7.11 Å². The van der Waals surface area contributed by atoms with Crippen LogP contribution in [0, 0.1) is 5.41 Å². The highest BCUT2D eigenvalue weighted by Gasteiger charge is 2.56. The van der Waals surface area contributed by atoms with E-state index >= 15 is 0 Å². The highest BCUT2D eigenvalue weighted by molar-refractivity contribution is 5.10. The molecule has 3 nitrogen and oxygen atoms in total. The molecule has 3 rings (SSSR count). The first-order chi connectivity index (χ1) is 8.04. The molecule has 0 radical (unpaired) electrons. The molecule has 98 valence electrons. The smallest absolute Gasteiger partial charge is 0.0652 e. The average Bonchev–Trinajstić information content (AvgIpc) is 2.51. The first-order valence-corrected chi connectivity index (χ1v) is 7.10. The SMILES string of the molecule is COC1CC(N2C3CCC2CC(N)C3)C1(C)C. The van der Waals surface area contributed by atoms with Crippen molar-refractivity contribution in [3.05, 3.63) is 0 Å². The lowest BCUT2D eigenvalue weighted by atomic mass is 9.63. The van der Waals surface area contributed by atoms with Crippen LogP contribution in [0.2, 0.25) is 0 Å². The van der Waals surface area contributed by atoms with Crippen LogP contribution < -0.4 is 5.73 Å². The quantitative estimate of drug-likeness (QED) is 0.796. The van der Waals surface area contributed by atoms with Gasteiger partial charge in [-0.25, -0.2) is 0 Å². The molecule has 0 spiro atoms. The molecule has 0 aromatic heterocycles. The first-order valence-electron chi connectivity index (χ1n) is 7.10. The van der Waals surface area contributed by atoms with E-state index in [0.717, 1.165) is 18.1 Å². The van der Waals surface area contributed by atoms with Crippen molar-refractivity contribution in [1.29, 1.82) is 0 Å². The minimum atomic E-state index is 0.316. The van der Waals surface area contributed by atoms with Crippen molar-refractivity contribution in [3.63, 3.8) is 0 Å². The Morgan fingerprint density at radius 1 is 1.12 bits per heavy atom. The molecule has 0 amide bonds. The van der Waals surface area contributed by atoms with Gasteiger partial charge in [-0.3, -0.25) is 4.90 Å². The average molecular weight is 238 g/mol. The largest absolute Gasteiger partial charge is 0.381 e. The molecule has 2 N–H and O–H groups in total. The Morgan fingerprint density at radius 3 is 2.18 bits per heavy atom. The number of hydrogen-bond donors (Lipinski definition) is 1. The molecule has 4 unspecified atom stereocenters. The summed E-state index contributed by atoms with van der Waals surface area (Å²) in [6.45, 7) is 4.73. The van der Waals surface area contributed by atoms with Gasteiger partial charge in [0.15, 0.2) is 0 Å². The number of rotatable bonds is 2. The fraction of sp³-hybridized carbons (Fsp3) is 1.00. The fourth-order valence-corrected chi connectivity index (χ4v) is 4.53. The number of nitrogens with two attached hydrogens (primary N) is 1. The molecular formula is C14H26N2O. The van der Waals surface area contributed by atoms with E-state index < -0.39 is 0 Å². The Morgan fingerprint density at radius 2 is 1.71 bits per heavy atom. The maximum atomic E-state index is 6.15. The van der Waals surface area contributed by atoms with Crippen LogP contribution in [0.4, 0.5) is 0 Å². The van der Waals surface area contributed by atoms with Gasteiger partial charge in [0.2, 0.25) is 0 Å². The predicted octanol–water partition coefficient (Wildman–Crippen LogP) is 1.75. The standard InChI is InChI=1S/C14H26N2O/c1-14(2)12(8-13(14)17-3)16-10-4-5-11(16)7-9(15)6-10/h9-13H,4-8,15H2,1-3H3. The molecule has 2 bridgehead atoms. The van der Waals surface area contributed by atoms with Crippen LogP contribution in [0.25, 0.3) is 0 Å². The molecule has 3 aliphatic rings. The summed E-state index contributed by atoms with van der Waals surface area (Å²) in [7, 11) is 1.85. The fourth-order valence-electron chi connectivity index (χ4n) is 4.53. The lowest BCUT2D eigenvalue weighted by molar-refractivity contribution is -0.154. The van der Waals surface area contributed by atoms with Crippen LogP contribution in [0.3, 0.4) is 0 Å². The van der Waals surface area contributed by atoms with E-state index in [1.165, 1.54) is 32.1 Å². The molecule has 2 aliphatic heterocycles. The van der Waals surface area contributed by atoms with Crippen LogP contribution in [0.5, 0.6) is 0 Å². The van der Waals surface area contributed by atoms with Crippen molar-refractivity contribution < 1.29 is 4.74 Å². The molecule has 3 fully saturated rings. The summed E-state index contributed by atoms with van der Waals surface area (Å²) in [6.07, 6.45) is 6.81. The Hall–Kier alpha value is -0.120. The van der Waals surface area contributed by atoms with Crippen molar-refractivity contribution in [3.8, 4) is 0 Å². The van der Waals surface area contributed by atoms with Crippen LogP contribution in [0.1, 0.15) is 46.0 Å². The Labute approximate surface area is 105 Å². The van der Waals surface area contributed by atoms with Gasteiger partial charge in [-0.2, -0.15) is 0 Å². The second-order valence-corrected chi connectivity index (χ2v) is 6.86. The van der Waals surface area contributed by atoms with Crippen molar-refractivity contribution >= 4 is 0 Å². The topological polar surface area (TPSA) is 38.5 Å². The minimum absolute atomic E-state index is 0.316. The molecule has 2 saturated heterocycles. The number of hydrogen-bond acceptors (Lipinski definition) is 3. The maximum Gasteiger partial charge on any atom is 0.0652 e. The minimum Gasteiger partial charge on any atom is -0.381 e. The molecule has 2 heterocycles. The van der Waals surface area contributed by atoms with Crippen LogP contribution in [-0.2, 0) is 4.74 Å². The number of nitrogens with zero attached hydrogens (tertiary/aromatic N) is 1. The molecule has 3 heteroatoms. The Kier molecular flexibility index (Phi) is 2.77. The monoisotopic (exact) mass is 238 g/mol. The van der Waals surface area contributed by atoms with E-state index in [0.29, 0.717) is 17.6 Å². The summed E-state index contributed by atoms with van der Waals surface area (Å²) in [6, 6.07) is 2.68. The third-order valence-corrected chi connectivity index (χ3v) is 5.60. The van der Waals surface area contributed by atoms with E-state index in [4.69, 9.17) is 10.5 Å². The second-order valence-electron chi connectivity index (χ2n) is 6.86. The molecule has 1 saturated carbocycles. The van der Waals surface area contributed by atoms with E-state index in [2.05, 4.69) is 18.7 Å². The lowest BCUT2D eigenvalue weighted by Crippen LogP contribution is -2.66. The van der Waals surface area contributed by atoms with E-state index in [9.17, 15) is 0 Å². The van der Waals surface area contributed by atoms with Gasteiger partial charge in [-0.15, -0.1) is 0 Å². The van der Waals surface area contributed by atoms with E-state index in [1.807, 2.05) is 7.11 Å². The van der Waals surface area contributed by atoms with Crippen molar-refractivity contribution in [1.82, 2.24) is 4.90 Å². The van der Waals surface area contributed by atoms with Crippen LogP contribution >= 0.6 is 0 Å². The van der Waals surface area contributed by atoms with Gasteiger partial charge in [-0.05, 0) is 32.1 Å². The highest BCUT2D eigenvalue weighted by Crippen LogP contribution is 2.50. The third kappa shape index (κ3) is 1.66. The van der Waals surface area contributed by atoms with Crippen molar-refractivity contribution in [2.45, 2.75) is 76.2 Å². The summed E-state index contributed by atoms with van der Waals surface area (Å²) < 4.78 is 5.58. The highest BCUT2D eigenvalue weighted by atomic mass is 16.5. The van der Waals surface area contributed by atoms with Gasteiger partial charge in [0.25, 0.3) is 0 Å². The van der Waals surface area contributed by atoms with E-state index in [-0.39, 0.29) is 0 Å². The van der Waals surface area contributed by atoms with Gasteiger partial charge in [0, 0.05) is 36.7 Å². The molecule has 17 heavy (non-hydrogen) atoms. The number of ether oxygens (including phenoxy) is 1. The van der Waals surface area contributed by atoms with Crippen LogP contribution in [0.15, 0.2) is 0 Å². The lowest BCUT2D eigenvalue weighted by Gasteiger charge is -2.58. The molecule has 0 aromatic rings. The predicted molar refractivity (Wildman–Crippen MR) is 68.8 cm³/mol. The Balaban J connectivity index is 1.75. The molecule has 1 aliphatic carbocycles. The van der Waals surface area contributed by atoms with Crippen molar-refractivity contribution in [2.24, 2.45) is 11.1 Å². The van der Waals surface area contributed by atoms with Gasteiger partial charge in [0.05, 0.1) is 6.10 Å². The molecular weight excluding hydrogens is 212 g/mol. The number of fused-ring (bicyclic) bond motifs is 2. The summed E-state index contributed by atoms with van der Waals surface area (Å²) in [5.41, 5.74) is 6.46. The second kappa shape index (κ2) is 3.94. The van der Waals surface area contributed by atoms with Gasteiger partial charge in [0.1, 0.15) is 0 Å². The van der Waals surface area contributed by atoms with Gasteiger partial charge >= 0.3 is 0 Å². The summed E-state index contributed by atoms with van der Waals surface area (Å²) in [4.78, 5) is 2.80. The summed E-state index contributed by atoms with van der Waals surface area (Å²) in [5.74, 6) is 0. The molecule has 0 aromatic carbocycles. The van der Waals surface area contributed by atoms with Crippen LogP contribution in [-0.4, -0.2) is 42.3 Å². The molecule has 4 atom stereocenters. The summed E-state index contributed by atoms with van der Waals surface area (Å²) >= 11 is 0. The maximum absolute atomic E-state index is 6.15. The third-order valence-electron chi connectivity index (χ3n) is 5.60. The first kappa shape index (κ1) is 11.9. The van der Waals surface area contributed by atoms with Gasteiger partial charge < -0.3 is 10.5 Å². The van der Waals surface area contributed by atoms with Gasteiger partial charge in [-0.1, -0.05) is 13.8 Å². The van der Waals surface area contributed by atoms with E-state index in [1.54, 1.807) is 0 Å². The zero-order chi connectivity index (χ0) is 12.2. The zero-order valence-electron chi connectivity index (χ0n) is 11.4.